The van der Waals surface area contributed by atoms with Gasteiger partial charge in [-0.25, -0.2) is 0 Å². The Morgan fingerprint density at radius 2 is 2.28 bits per heavy atom. The normalized spacial score (nSPS) is 9.67. The third-order valence-corrected chi connectivity index (χ3v) is 3.41. The number of aromatic nitrogens is 2. The minimum Gasteiger partial charge on any atom is -0.396 e. The number of nitriles is 2. The molecule has 2 heterocycles. The average molecular weight is 258 g/mol. The van der Waals surface area contributed by atoms with Gasteiger partial charge in [0.05, 0.1) is 12.2 Å². The van der Waals surface area contributed by atoms with Crippen molar-refractivity contribution in [3.05, 3.63) is 28.9 Å². The molecule has 0 spiro atoms. The molecule has 0 unspecified atom stereocenters. The van der Waals surface area contributed by atoms with E-state index < -0.39 is 0 Å². The number of nitrogens with zero attached hydrogens (tertiary/aromatic N) is 4. The third kappa shape index (κ3) is 2.26. The van der Waals surface area contributed by atoms with E-state index >= 15 is 0 Å². The molecule has 2 rings (SSSR count). The topological polar surface area (TPSA) is 103 Å². The molecule has 90 valence electrons. The van der Waals surface area contributed by atoms with E-state index in [0.717, 1.165) is 0 Å². The maximum atomic E-state index is 9.00. The van der Waals surface area contributed by atoms with Gasteiger partial charge in [0.15, 0.2) is 0 Å². The number of nitrogen functional groups attached to an aromatic ring is 1. The molecule has 2 aromatic rings. The average Bonchev–Trinajstić information content (AvgIpc) is 2.97. The molecule has 3 N–H and O–H groups in total. The van der Waals surface area contributed by atoms with E-state index in [-0.39, 0.29) is 5.69 Å². The Bertz CT molecular complexity index is 613. The van der Waals surface area contributed by atoms with Crippen LogP contribution in [0.3, 0.4) is 0 Å². The van der Waals surface area contributed by atoms with Crippen LogP contribution in [0.4, 0.5) is 10.7 Å². The molecule has 0 fully saturated rings. The zero-order valence-corrected chi connectivity index (χ0v) is 10.2. The summed E-state index contributed by atoms with van der Waals surface area (Å²) in [6.45, 7) is 1.29. The Morgan fingerprint density at radius 1 is 1.44 bits per heavy atom. The van der Waals surface area contributed by atoms with Crippen molar-refractivity contribution in [3.8, 4) is 12.1 Å². The van der Waals surface area contributed by atoms with Gasteiger partial charge < -0.3 is 11.1 Å². The summed E-state index contributed by atoms with van der Waals surface area (Å²) in [5.74, 6) is 0. The molecular formula is C11H10N6S. The second-order valence-electron chi connectivity index (χ2n) is 3.47. The SMILES string of the molecule is N#Cc1sc(NCCn2cccn2)c(C#N)c1N. The fourth-order valence-corrected chi connectivity index (χ4v) is 2.37. The predicted molar refractivity (Wildman–Crippen MR) is 68.9 cm³/mol. The van der Waals surface area contributed by atoms with Crippen molar-refractivity contribution in [1.82, 2.24) is 9.78 Å². The number of nitrogens with one attached hydrogen (secondary N) is 1. The molecular weight excluding hydrogens is 248 g/mol. The largest absolute Gasteiger partial charge is 0.396 e. The first kappa shape index (κ1) is 12.0. The third-order valence-electron chi connectivity index (χ3n) is 2.34. The molecule has 2 aromatic heterocycles. The zero-order chi connectivity index (χ0) is 13.0. The minimum absolute atomic E-state index is 0.256. The van der Waals surface area contributed by atoms with Gasteiger partial charge in [-0.15, -0.1) is 11.3 Å². The van der Waals surface area contributed by atoms with Gasteiger partial charge in [0.1, 0.15) is 27.6 Å². The number of nitrogens with two attached hydrogens (primary N) is 1. The molecule has 0 aliphatic rings. The molecule has 0 saturated carbocycles. The van der Waals surface area contributed by atoms with Gasteiger partial charge in [-0.3, -0.25) is 4.68 Å². The van der Waals surface area contributed by atoms with E-state index in [2.05, 4.69) is 10.4 Å². The smallest absolute Gasteiger partial charge is 0.131 e. The summed E-state index contributed by atoms with van der Waals surface area (Å²) < 4.78 is 1.78. The molecule has 0 aliphatic heterocycles. The van der Waals surface area contributed by atoms with Crippen LogP contribution in [0.1, 0.15) is 10.4 Å². The first-order valence-electron chi connectivity index (χ1n) is 5.20. The standard InChI is InChI=1S/C11H10N6S/c12-6-8-10(14)9(7-13)18-11(8)15-3-5-17-4-1-2-16-17/h1-2,4,15H,3,5,14H2. The van der Waals surface area contributed by atoms with Crippen LogP contribution >= 0.6 is 11.3 Å². The lowest BCUT2D eigenvalue weighted by molar-refractivity contribution is 0.638. The molecule has 6 nitrogen and oxygen atoms in total. The van der Waals surface area contributed by atoms with Gasteiger partial charge in [0, 0.05) is 18.9 Å². The van der Waals surface area contributed by atoms with E-state index in [9.17, 15) is 0 Å². The van der Waals surface area contributed by atoms with Crippen molar-refractivity contribution in [1.29, 1.82) is 10.5 Å². The van der Waals surface area contributed by atoms with Gasteiger partial charge in [-0.2, -0.15) is 15.6 Å². The Labute approximate surface area is 108 Å². The fourth-order valence-electron chi connectivity index (χ4n) is 1.48. The van der Waals surface area contributed by atoms with E-state index in [1.807, 2.05) is 24.4 Å². The summed E-state index contributed by atoms with van der Waals surface area (Å²) in [6, 6.07) is 5.84. The molecule has 0 amide bonds. The van der Waals surface area contributed by atoms with Crippen LogP contribution in [-0.4, -0.2) is 16.3 Å². The lowest BCUT2D eigenvalue weighted by Crippen LogP contribution is -2.10. The number of hydrogen-bond acceptors (Lipinski definition) is 6. The van der Waals surface area contributed by atoms with E-state index in [1.165, 1.54) is 11.3 Å². The van der Waals surface area contributed by atoms with Gasteiger partial charge in [0.2, 0.25) is 0 Å². The maximum absolute atomic E-state index is 9.00. The Kier molecular flexibility index (Phi) is 3.46. The molecule has 7 heteroatoms. The highest BCUT2D eigenvalue weighted by atomic mass is 32.1. The van der Waals surface area contributed by atoms with Crippen LogP contribution in [0.15, 0.2) is 18.5 Å². The van der Waals surface area contributed by atoms with Crippen molar-refractivity contribution in [2.45, 2.75) is 6.54 Å². The number of hydrogen-bond donors (Lipinski definition) is 2. The number of anilines is 2. The second-order valence-corrected chi connectivity index (χ2v) is 4.49. The van der Waals surface area contributed by atoms with Gasteiger partial charge in [-0.1, -0.05) is 0 Å². The van der Waals surface area contributed by atoms with Crippen LogP contribution in [0.2, 0.25) is 0 Å². The highest BCUT2D eigenvalue weighted by Gasteiger charge is 2.14. The van der Waals surface area contributed by atoms with Gasteiger partial charge >= 0.3 is 0 Å². The first-order chi connectivity index (χ1) is 8.76. The van der Waals surface area contributed by atoms with E-state index in [4.69, 9.17) is 16.3 Å². The lowest BCUT2D eigenvalue weighted by Gasteiger charge is -2.04. The minimum atomic E-state index is 0.256. The summed E-state index contributed by atoms with van der Waals surface area (Å²) in [4.78, 5) is 0.369. The first-order valence-corrected chi connectivity index (χ1v) is 6.01. The van der Waals surface area contributed by atoms with Crippen molar-refractivity contribution in [2.75, 3.05) is 17.6 Å². The highest BCUT2D eigenvalue weighted by Crippen LogP contribution is 2.34. The van der Waals surface area contributed by atoms with Gasteiger partial charge in [-0.05, 0) is 6.07 Å². The molecule has 0 atom stereocenters. The fraction of sp³-hybridized carbons (Fsp3) is 0.182. The number of rotatable bonds is 4. The van der Waals surface area contributed by atoms with Crippen LogP contribution in [0.25, 0.3) is 0 Å². The summed E-state index contributed by atoms with van der Waals surface area (Å²) in [7, 11) is 0. The van der Waals surface area contributed by atoms with Crippen molar-refractivity contribution >= 4 is 22.0 Å². The van der Waals surface area contributed by atoms with Crippen molar-refractivity contribution in [3.63, 3.8) is 0 Å². The summed E-state index contributed by atoms with van der Waals surface area (Å²) in [5, 5.41) is 25.7. The monoisotopic (exact) mass is 258 g/mol. The Balaban J connectivity index is 2.06. The number of thiophene rings is 1. The molecule has 0 saturated heterocycles. The van der Waals surface area contributed by atoms with Crippen LogP contribution < -0.4 is 11.1 Å². The van der Waals surface area contributed by atoms with Crippen molar-refractivity contribution in [2.24, 2.45) is 0 Å². The van der Waals surface area contributed by atoms with Crippen LogP contribution in [0.5, 0.6) is 0 Å². The van der Waals surface area contributed by atoms with E-state index in [0.29, 0.717) is 28.5 Å². The highest BCUT2D eigenvalue weighted by molar-refractivity contribution is 7.17. The zero-order valence-electron chi connectivity index (χ0n) is 9.42. The second kappa shape index (κ2) is 5.21. The van der Waals surface area contributed by atoms with Gasteiger partial charge in [0.25, 0.3) is 0 Å². The van der Waals surface area contributed by atoms with Crippen molar-refractivity contribution < 1.29 is 0 Å². The Morgan fingerprint density at radius 3 is 2.89 bits per heavy atom. The van der Waals surface area contributed by atoms with Crippen LogP contribution in [0, 0.1) is 22.7 Å². The molecule has 18 heavy (non-hydrogen) atoms. The lowest BCUT2D eigenvalue weighted by atomic mass is 10.2. The quantitative estimate of drug-likeness (QED) is 0.862. The molecule has 0 aromatic carbocycles. The summed E-state index contributed by atoms with van der Waals surface area (Å²) in [6.07, 6.45) is 3.56. The van der Waals surface area contributed by atoms with Crippen LogP contribution in [-0.2, 0) is 6.54 Å². The predicted octanol–water partition coefficient (Wildman–Crippen LogP) is 1.38. The summed E-state index contributed by atoms with van der Waals surface area (Å²) >= 11 is 1.20. The Hall–Kier alpha value is -2.51. The van der Waals surface area contributed by atoms with E-state index in [1.54, 1.807) is 10.9 Å². The maximum Gasteiger partial charge on any atom is 0.131 e. The summed E-state index contributed by atoms with van der Waals surface area (Å²) in [5.41, 5.74) is 6.30. The molecule has 0 aliphatic carbocycles. The molecule has 0 radical (unpaired) electrons. The molecule has 0 bridgehead atoms.